The number of benzene rings is 1. The van der Waals surface area contributed by atoms with Crippen LogP contribution in [-0.4, -0.2) is 29.3 Å². The Balaban J connectivity index is 1.60. The molecule has 1 aliphatic rings. The smallest absolute Gasteiger partial charge is 0.257 e. The number of fused-ring (bicyclic) bond motifs is 2. The predicted molar refractivity (Wildman–Crippen MR) is 104 cm³/mol. The maximum Gasteiger partial charge on any atom is 0.257 e. The number of pyridine rings is 1. The summed E-state index contributed by atoms with van der Waals surface area (Å²) >= 11 is 0. The third kappa shape index (κ3) is 3.52. The Kier molecular flexibility index (Phi) is 4.90. The van der Waals surface area contributed by atoms with Gasteiger partial charge in [-0.15, -0.1) is 0 Å². The first-order chi connectivity index (χ1) is 13.5. The van der Waals surface area contributed by atoms with Crippen molar-refractivity contribution in [3.63, 3.8) is 0 Å². The number of amides is 1. The van der Waals surface area contributed by atoms with Crippen molar-refractivity contribution in [2.45, 2.75) is 33.2 Å². The number of aryl methyl sites for hydroxylation is 1. The number of hydrogen-bond acceptors (Lipinski definition) is 6. The lowest BCUT2D eigenvalue weighted by molar-refractivity contribution is 0.0925. The largest absolute Gasteiger partial charge is 0.490 e. The standard InChI is InChI=1S/C21H23N3O4/c1-12(2)19(14-5-6-17-18(10-14)27-8-4-7-26-17)23-20(25)15-9-16-13(3)24-28-21(16)22-11-15/h5-6,9-12,19H,4,7-8H2,1-3H3,(H,23,25)/t19-/m1/s1. The summed E-state index contributed by atoms with van der Waals surface area (Å²) in [5.41, 5.74) is 2.58. The molecule has 0 spiro atoms. The number of nitrogens with one attached hydrogen (secondary N) is 1. The lowest BCUT2D eigenvalue weighted by atomic mass is 9.95. The second-order valence-corrected chi connectivity index (χ2v) is 7.30. The van der Waals surface area contributed by atoms with Gasteiger partial charge in [-0.05, 0) is 36.6 Å². The molecule has 0 radical (unpaired) electrons. The topological polar surface area (TPSA) is 86.5 Å². The van der Waals surface area contributed by atoms with Gasteiger partial charge in [-0.3, -0.25) is 4.79 Å². The van der Waals surface area contributed by atoms with E-state index in [0.29, 0.717) is 30.2 Å². The summed E-state index contributed by atoms with van der Waals surface area (Å²) in [4.78, 5) is 17.1. The highest BCUT2D eigenvalue weighted by molar-refractivity contribution is 5.97. The average molecular weight is 381 g/mol. The summed E-state index contributed by atoms with van der Waals surface area (Å²) in [7, 11) is 0. The molecule has 3 heterocycles. The number of aromatic nitrogens is 2. The molecule has 0 fully saturated rings. The Morgan fingerprint density at radius 2 is 1.93 bits per heavy atom. The van der Waals surface area contributed by atoms with Crippen molar-refractivity contribution in [3.05, 3.63) is 47.3 Å². The lowest BCUT2D eigenvalue weighted by Gasteiger charge is -2.24. The van der Waals surface area contributed by atoms with Crippen molar-refractivity contribution in [1.29, 1.82) is 0 Å². The van der Waals surface area contributed by atoms with E-state index in [0.717, 1.165) is 28.9 Å². The van der Waals surface area contributed by atoms with Crippen LogP contribution in [0, 0.1) is 12.8 Å². The third-order valence-electron chi connectivity index (χ3n) is 4.86. The Hall–Kier alpha value is -3.09. The molecule has 28 heavy (non-hydrogen) atoms. The first-order valence-electron chi connectivity index (χ1n) is 9.45. The molecule has 4 rings (SSSR count). The zero-order valence-corrected chi connectivity index (χ0v) is 16.2. The van der Waals surface area contributed by atoms with Crippen molar-refractivity contribution in [1.82, 2.24) is 15.5 Å². The molecule has 2 aromatic heterocycles. The van der Waals surface area contributed by atoms with Gasteiger partial charge in [0.25, 0.3) is 11.6 Å². The highest BCUT2D eigenvalue weighted by Gasteiger charge is 2.22. The highest BCUT2D eigenvalue weighted by Crippen LogP contribution is 2.34. The van der Waals surface area contributed by atoms with Gasteiger partial charge in [-0.2, -0.15) is 0 Å². The van der Waals surface area contributed by atoms with Gasteiger partial charge in [-0.25, -0.2) is 4.98 Å². The van der Waals surface area contributed by atoms with E-state index in [-0.39, 0.29) is 17.9 Å². The van der Waals surface area contributed by atoms with Crippen LogP contribution in [0.4, 0.5) is 0 Å². The van der Waals surface area contributed by atoms with Crippen LogP contribution in [0.15, 0.2) is 35.0 Å². The third-order valence-corrected chi connectivity index (χ3v) is 4.86. The summed E-state index contributed by atoms with van der Waals surface area (Å²) in [5.74, 6) is 1.45. The number of hydrogen-bond donors (Lipinski definition) is 1. The Morgan fingerprint density at radius 1 is 1.14 bits per heavy atom. The molecule has 1 amide bonds. The minimum Gasteiger partial charge on any atom is -0.490 e. The van der Waals surface area contributed by atoms with Gasteiger partial charge in [0.2, 0.25) is 0 Å². The molecule has 0 saturated carbocycles. The van der Waals surface area contributed by atoms with E-state index in [1.165, 1.54) is 6.20 Å². The van der Waals surface area contributed by atoms with Crippen molar-refractivity contribution in [3.8, 4) is 11.5 Å². The van der Waals surface area contributed by atoms with Gasteiger partial charge in [0.15, 0.2) is 11.5 Å². The number of ether oxygens (including phenoxy) is 2. The molecule has 1 N–H and O–H groups in total. The first-order valence-corrected chi connectivity index (χ1v) is 9.45. The zero-order chi connectivity index (χ0) is 19.7. The van der Waals surface area contributed by atoms with Crippen LogP contribution in [0.3, 0.4) is 0 Å². The fraction of sp³-hybridized carbons (Fsp3) is 0.381. The molecule has 1 aromatic carbocycles. The summed E-state index contributed by atoms with van der Waals surface area (Å²) in [6, 6.07) is 7.42. The fourth-order valence-corrected chi connectivity index (χ4v) is 3.30. The number of carbonyl (C=O) groups is 1. The lowest BCUT2D eigenvalue weighted by Crippen LogP contribution is -2.31. The van der Waals surface area contributed by atoms with Gasteiger partial charge < -0.3 is 19.3 Å². The maximum atomic E-state index is 12.9. The molecular weight excluding hydrogens is 358 g/mol. The Morgan fingerprint density at radius 3 is 2.71 bits per heavy atom. The summed E-state index contributed by atoms with van der Waals surface area (Å²) in [6.07, 6.45) is 2.36. The molecule has 0 saturated heterocycles. The quantitative estimate of drug-likeness (QED) is 0.739. The minimum absolute atomic E-state index is 0.177. The van der Waals surface area contributed by atoms with Gasteiger partial charge in [-0.1, -0.05) is 25.1 Å². The summed E-state index contributed by atoms with van der Waals surface area (Å²) in [6.45, 7) is 7.23. The van der Waals surface area contributed by atoms with Crippen LogP contribution in [0.5, 0.6) is 11.5 Å². The number of carbonyl (C=O) groups excluding carboxylic acids is 1. The van der Waals surface area contributed by atoms with Crippen LogP contribution >= 0.6 is 0 Å². The van der Waals surface area contributed by atoms with Crippen LogP contribution in [0.25, 0.3) is 11.1 Å². The van der Waals surface area contributed by atoms with Gasteiger partial charge >= 0.3 is 0 Å². The predicted octanol–water partition coefficient (Wildman–Crippen LogP) is 3.82. The van der Waals surface area contributed by atoms with Crippen molar-refractivity contribution >= 4 is 17.0 Å². The minimum atomic E-state index is -0.194. The average Bonchev–Trinajstić information content (AvgIpc) is 2.90. The van der Waals surface area contributed by atoms with Crippen LogP contribution < -0.4 is 14.8 Å². The molecule has 0 bridgehead atoms. The molecule has 0 aliphatic carbocycles. The Labute approximate surface area is 163 Å². The van der Waals surface area contributed by atoms with Crippen molar-refractivity contribution < 1.29 is 18.8 Å². The molecule has 146 valence electrons. The van der Waals surface area contributed by atoms with Crippen LogP contribution in [-0.2, 0) is 0 Å². The fourth-order valence-electron chi connectivity index (χ4n) is 3.30. The molecule has 7 heteroatoms. The van der Waals surface area contributed by atoms with Gasteiger partial charge in [0.1, 0.15) is 0 Å². The van der Waals surface area contributed by atoms with E-state index in [4.69, 9.17) is 14.0 Å². The molecule has 1 aliphatic heterocycles. The SMILES string of the molecule is Cc1noc2ncc(C(=O)N[C@@H](c3ccc4c(c3)OCCCO4)C(C)C)cc12. The zero-order valence-electron chi connectivity index (χ0n) is 16.2. The second kappa shape index (κ2) is 7.50. The summed E-state index contributed by atoms with van der Waals surface area (Å²) in [5, 5.41) is 7.75. The van der Waals surface area contributed by atoms with E-state index in [2.05, 4.69) is 29.3 Å². The monoisotopic (exact) mass is 381 g/mol. The normalized spacial score (nSPS) is 14.7. The van der Waals surface area contributed by atoms with E-state index >= 15 is 0 Å². The van der Waals surface area contributed by atoms with Gasteiger partial charge in [0.05, 0.1) is 35.9 Å². The highest BCUT2D eigenvalue weighted by atomic mass is 16.5. The molecular formula is C21H23N3O4. The van der Waals surface area contributed by atoms with Crippen LogP contribution in [0.2, 0.25) is 0 Å². The molecule has 3 aromatic rings. The van der Waals surface area contributed by atoms with Crippen LogP contribution in [0.1, 0.15) is 47.9 Å². The second-order valence-electron chi connectivity index (χ2n) is 7.30. The van der Waals surface area contributed by atoms with E-state index < -0.39 is 0 Å². The van der Waals surface area contributed by atoms with E-state index in [9.17, 15) is 4.79 Å². The Bertz CT molecular complexity index is 1010. The van der Waals surface area contributed by atoms with E-state index in [1.807, 2.05) is 25.1 Å². The number of nitrogens with zero attached hydrogens (tertiary/aromatic N) is 2. The maximum absolute atomic E-state index is 12.9. The molecule has 0 unspecified atom stereocenters. The molecule has 1 atom stereocenters. The van der Waals surface area contributed by atoms with Gasteiger partial charge in [0, 0.05) is 12.6 Å². The van der Waals surface area contributed by atoms with E-state index in [1.54, 1.807) is 6.07 Å². The summed E-state index contributed by atoms with van der Waals surface area (Å²) < 4.78 is 16.6. The van der Waals surface area contributed by atoms with Crippen molar-refractivity contribution in [2.75, 3.05) is 13.2 Å². The molecule has 7 nitrogen and oxygen atoms in total. The van der Waals surface area contributed by atoms with Crippen molar-refractivity contribution in [2.24, 2.45) is 5.92 Å². The first kappa shape index (κ1) is 18.3. The number of rotatable bonds is 4.